The fraction of sp³-hybridized carbons (Fsp3) is 0.857. The van der Waals surface area contributed by atoms with Crippen molar-refractivity contribution in [2.45, 2.75) is 18.9 Å². The number of nitrogens with two attached hydrogens (primary N) is 1. The van der Waals surface area contributed by atoms with Crippen LogP contribution in [0.1, 0.15) is 12.8 Å². The van der Waals surface area contributed by atoms with E-state index in [1.54, 1.807) is 0 Å². The van der Waals surface area contributed by atoms with Gasteiger partial charge in [0.25, 0.3) is 10.2 Å². The fourth-order valence-electron chi connectivity index (χ4n) is 1.08. The molecule has 1 rings (SSSR count). The minimum absolute atomic E-state index is 0.220. The largest absolute Gasteiger partial charge is 0.392 e. The summed E-state index contributed by atoms with van der Waals surface area (Å²) in [6.45, 7) is 0. The predicted octanol–water partition coefficient (Wildman–Crippen LogP) is -0.553. The molecule has 1 saturated carbocycles. The average Bonchev–Trinajstić information content (AvgIpc) is 2.81. The molecule has 0 radical (unpaired) electrons. The van der Waals surface area contributed by atoms with Crippen LogP contribution in [0.4, 0.5) is 0 Å². The van der Waals surface area contributed by atoms with E-state index in [0.29, 0.717) is 0 Å². The molecule has 0 saturated heterocycles. The summed E-state index contributed by atoms with van der Waals surface area (Å²) < 4.78 is 26.6. The first-order valence-corrected chi connectivity index (χ1v) is 6.18. The molecule has 1 atom stereocenters. The molecule has 0 spiro atoms. The summed E-state index contributed by atoms with van der Waals surface area (Å²) in [7, 11) is -0.503. The predicted molar refractivity (Wildman–Crippen MR) is 59.0 cm³/mol. The van der Waals surface area contributed by atoms with E-state index < -0.39 is 16.3 Å². The quantitative estimate of drug-likeness (QED) is 0.629. The van der Waals surface area contributed by atoms with Crippen molar-refractivity contribution >= 4 is 27.4 Å². The Hall–Kier alpha value is -0.240. The van der Waals surface area contributed by atoms with Crippen molar-refractivity contribution in [1.29, 1.82) is 0 Å². The lowest BCUT2D eigenvalue weighted by Crippen LogP contribution is -2.48. The van der Waals surface area contributed by atoms with E-state index in [1.807, 2.05) is 0 Å². The van der Waals surface area contributed by atoms with E-state index in [9.17, 15) is 8.42 Å². The highest BCUT2D eigenvalue weighted by atomic mass is 32.2. The summed E-state index contributed by atoms with van der Waals surface area (Å²) in [6.07, 6.45) is 1.97. The molecular formula is C7H15N3O2S2. The van der Waals surface area contributed by atoms with Crippen LogP contribution >= 0.6 is 12.2 Å². The summed E-state index contributed by atoms with van der Waals surface area (Å²) in [5.74, 6) is 0.280. The summed E-state index contributed by atoms with van der Waals surface area (Å²) in [6, 6.07) is -0.391. The first-order chi connectivity index (χ1) is 6.34. The summed E-state index contributed by atoms with van der Waals surface area (Å²) >= 11 is 4.82. The van der Waals surface area contributed by atoms with Gasteiger partial charge in [-0.1, -0.05) is 12.2 Å². The number of nitrogens with one attached hydrogen (secondary N) is 1. The molecule has 3 N–H and O–H groups in total. The zero-order valence-electron chi connectivity index (χ0n) is 8.23. The molecule has 5 nitrogen and oxygen atoms in total. The van der Waals surface area contributed by atoms with Crippen LogP contribution in [0, 0.1) is 5.92 Å². The number of nitrogens with zero attached hydrogens (tertiary/aromatic N) is 1. The molecule has 0 aromatic carbocycles. The third-order valence-electron chi connectivity index (χ3n) is 2.16. The molecule has 7 heteroatoms. The average molecular weight is 237 g/mol. The summed E-state index contributed by atoms with van der Waals surface area (Å²) in [4.78, 5) is 0.220. The Balaban J connectivity index is 2.69. The lowest BCUT2D eigenvalue weighted by atomic mass is 10.2. The maximum atomic E-state index is 11.5. The highest BCUT2D eigenvalue weighted by Crippen LogP contribution is 2.33. The Bertz CT molecular complexity index is 322. The monoisotopic (exact) mass is 237 g/mol. The smallest absolute Gasteiger partial charge is 0.279 e. The van der Waals surface area contributed by atoms with E-state index in [1.165, 1.54) is 14.1 Å². The minimum atomic E-state index is -3.43. The SMILES string of the molecule is CN(C)S(=O)(=O)NC(C(N)=S)C1CC1. The zero-order chi connectivity index (χ0) is 10.9. The van der Waals surface area contributed by atoms with Crippen LogP contribution in [-0.2, 0) is 10.2 Å². The second-order valence-corrected chi connectivity index (χ2v) is 6.01. The van der Waals surface area contributed by atoms with Gasteiger partial charge in [-0.3, -0.25) is 0 Å². The fourth-order valence-corrected chi connectivity index (χ4v) is 2.26. The van der Waals surface area contributed by atoms with Gasteiger partial charge >= 0.3 is 0 Å². The maximum absolute atomic E-state index is 11.5. The highest BCUT2D eigenvalue weighted by molar-refractivity contribution is 7.87. The second kappa shape index (κ2) is 4.09. The summed E-state index contributed by atoms with van der Waals surface area (Å²) in [5, 5.41) is 0. The van der Waals surface area contributed by atoms with Crippen LogP contribution < -0.4 is 10.5 Å². The van der Waals surface area contributed by atoms with E-state index in [0.717, 1.165) is 17.1 Å². The molecular weight excluding hydrogens is 222 g/mol. The van der Waals surface area contributed by atoms with Gasteiger partial charge in [-0.2, -0.15) is 17.4 Å². The van der Waals surface area contributed by atoms with Gasteiger partial charge in [0, 0.05) is 14.1 Å². The van der Waals surface area contributed by atoms with Gasteiger partial charge in [0.15, 0.2) is 0 Å². The number of hydrogen-bond acceptors (Lipinski definition) is 3. The van der Waals surface area contributed by atoms with Gasteiger partial charge in [-0.15, -0.1) is 0 Å². The molecule has 0 aromatic rings. The molecule has 0 aliphatic heterocycles. The molecule has 82 valence electrons. The standard InChI is InChI=1S/C7H15N3O2S2/c1-10(2)14(11,12)9-6(7(8)13)5-3-4-5/h5-6,9H,3-4H2,1-2H3,(H2,8,13). The first-order valence-electron chi connectivity index (χ1n) is 4.33. The topological polar surface area (TPSA) is 75.4 Å². The lowest BCUT2D eigenvalue weighted by molar-refractivity contribution is 0.494. The van der Waals surface area contributed by atoms with Crippen molar-refractivity contribution in [2.24, 2.45) is 11.7 Å². The third-order valence-corrected chi connectivity index (χ3v) is 3.92. The van der Waals surface area contributed by atoms with Crippen LogP contribution in [0.2, 0.25) is 0 Å². The van der Waals surface area contributed by atoms with Crippen molar-refractivity contribution in [1.82, 2.24) is 9.03 Å². The number of rotatable bonds is 5. The Kier molecular flexibility index (Phi) is 3.46. The first kappa shape index (κ1) is 11.8. The Morgan fingerprint density at radius 3 is 2.36 bits per heavy atom. The normalized spacial score (nSPS) is 19.6. The van der Waals surface area contributed by atoms with Crippen LogP contribution in [-0.4, -0.2) is 37.8 Å². The molecule has 0 aromatic heterocycles. The minimum Gasteiger partial charge on any atom is -0.392 e. The zero-order valence-corrected chi connectivity index (χ0v) is 9.86. The van der Waals surface area contributed by atoms with Crippen molar-refractivity contribution < 1.29 is 8.42 Å². The Labute approximate surface area is 89.8 Å². The van der Waals surface area contributed by atoms with Crippen LogP contribution in [0.5, 0.6) is 0 Å². The van der Waals surface area contributed by atoms with Crippen LogP contribution in [0.3, 0.4) is 0 Å². The molecule has 0 bridgehead atoms. The Morgan fingerprint density at radius 2 is 2.07 bits per heavy atom. The van der Waals surface area contributed by atoms with Crippen molar-refractivity contribution in [2.75, 3.05) is 14.1 Å². The van der Waals surface area contributed by atoms with Gasteiger partial charge < -0.3 is 5.73 Å². The second-order valence-electron chi connectivity index (χ2n) is 3.62. The van der Waals surface area contributed by atoms with Gasteiger partial charge in [-0.05, 0) is 18.8 Å². The van der Waals surface area contributed by atoms with E-state index in [-0.39, 0.29) is 10.9 Å². The van der Waals surface area contributed by atoms with Gasteiger partial charge in [0.05, 0.1) is 11.0 Å². The van der Waals surface area contributed by atoms with Crippen LogP contribution in [0.15, 0.2) is 0 Å². The molecule has 1 aliphatic rings. The van der Waals surface area contributed by atoms with Crippen molar-refractivity contribution in [3.05, 3.63) is 0 Å². The summed E-state index contributed by atoms with van der Waals surface area (Å²) in [5.41, 5.74) is 5.47. The lowest BCUT2D eigenvalue weighted by Gasteiger charge is -2.19. The molecule has 1 aliphatic carbocycles. The van der Waals surface area contributed by atoms with Crippen molar-refractivity contribution in [3.63, 3.8) is 0 Å². The Morgan fingerprint density at radius 1 is 1.57 bits per heavy atom. The number of thiocarbonyl (C=S) groups is 1. The molecule has 0 heterocycles. The molecule has 1 unspecified atom stereocenters. The molecule has 1 fully saturated rings. The third kappa shape index (κ3) is 2.88. The van der Waals surface area contributed by atoms with E-state index in [2.05, 4.69) is 4.72 Å². The van der Waals surface area contributed by atoms with Crippen LogP contribution in [0.25, 0.3) is 0 Å². The highest BCUT2D eigenvalue weighted by Gasteiger charge is 2.36. The van der Waals surface area contributed by atoms with Gasteiger partial charge in [0.1, 0.15) is 0 Å². The van der Waals surface area contributed by atoms with Gasteiger partial charge in [-0.25, -0.2) is 0 Å². The molecule has 0 amide bonds. The maximum Gasteiger partial charge on any atom is 0.279 e. The van der Waals surface area contributed by atoms with Gasteiger partial charge in [0.2, 0.25) is 0 Å². The number of hydrogen-bond donors (Lipinski definition) is 2. The van der Waals surface area contributed by atoms with Crippen molar-refractivity contribution in [3.8, 4) is 0 Å². The van der Waals surface area contributed by atoms with E-state index >= 15 is 0 Å². The van der Waals surface area contributed by atoms with E-state index in [4.69, 9.17) is 18.0 Å². The molecule has 14 heavy (non-hydrogen) atoms.